The van der Waals surface area contributed by atoms with Crippen LogP contribution in [0, 0.1) is 0 Å². The lowest BCUT2D eigenvalue weighted by atomic mass is 10.1. The van der Waals surface area contributed by atoms with Crippen LogP contribution in [0.15, 0.2) is 109 Å². The number of aliphatic hydroxyl groups is 1. The first-order valence-electron chi connectivity index (χ1n) is 11.2. The molecule has 4 rings (SSSR count). The van der Waals surface area contributed by atoms with Crippen LogP contribution >= 0.6 is 7.26 Å². The van der Waals surface area contributed by atoms with Gasteiger partial charge >= 0.3 is 0 Å². The van der Waals surface area contributed by atoms with Crippen molar-refractivity contribution in [2.75, 3.05) is 26.5 Å². The van der Waals surface area contributed by atoms with Crippen LogP contribution in [0.2, 0.25) is 0 Å². The molecule has 0 spiro atoms. The lowest BCUT2D eigenvalue weighted by Gasteiger charge is -2.28. The molecule has 4 aromatic rings. The Kier molecular flexibility index (Phi) is 7.78. The van der Waals surface area contributed by atoms with Crippen molar-refractivity contribution in [2.24, 2.45) is 0 Å². The zero-order chi connectivity index (χ0) is 22.9. The van der Waals surface area contributed by atoms with Gasteiger partial charge < -0.3 is 14.6 Å². The zero-order valence-electron chi connectivity index (χ0n) is 18.9. The Balaban J connectivity index is 1.83. The molecule has 0 fully saturated rings. The van der Waals surface area contributed by atoms with Gasteiger partial charge in [-0.25, -0.2) is 0 Å². The SMILES string of the molecule is COc1ccc(OCCO)c(CC[P+](c2ccccc2)(c2ccccc2)c2ccccc2)c1. The highest BCUT2D eigenvalue weighted by molar-refractivity contribution is 7.95. The first kappa shape index (κ1) is 23.0. The average molecular weight is 458 g/mol. The van der Waals surface area contributed by atoms with Gasteiger partial charge in [-0.2, -0.15) is 0 Å². The van der Waals surface area contributed by atoms with Crippen molar-refractivity contribution >= 4 is 23.2 Å². The Labute approximate surface area is 197 Å². The summed E-state index contributed by atoms with van der Waals surface area (Å²) < 4.78 is 11.4. The van der Waals surface area contributed by atoms with Gasteiger partial charge in [-0.3, -0.25) is 0 Å². The van der Waals surface area contributed by atoms with Crippen molar-refractivity contribution in [1.29, 1.82) is 0 Å². The molecular formula is C29H30O3P+. The predicted molar refractivity (Wildman–Crippen MR) is 139 cm³/mol. The fourth-order valence-electron chi connectivity index (χ4n) is 4.34. The molecule has 4 heteroatoms. The smallest absolute Gasteiger partial charge is 0.123 e. The van der Waals surface area contributed by atoms with E-state index in [0.717, 1.165) is 29.6 Å². The van der Waals surface area contributed by atoms with Gasteiger partial charge in [0.25, 0.3) is 0 Å². The molecule has 0 unspecified atom stereocenters. The van der Waals surface area contributed by atoms with E-state index < -0.39 is 7.26 Å². The van der Waals surface area contributed by atoms with E-state index in [0.29, 0.717) is 0 Å². The Morgan fingerprint density at radius 2 is 1.21 bits per heavy atom. The fourth-order valence-corrected chi connectivity index (χ4v) is 8.63. The third-order valence-electron chi connectivity index (χ3n) is 5.92. The van der Waals surface area contributed by atoms with Gasteiger partial charge in [0.1, 0.15) is 41.3 Å². The second kappa shape index (κ2) is 11.1. The molecule has 168 valence electrons. The minimum absolute atomic E-state index is 0.0134. The molecule has 0 atom stereocenters. The summed E-state index contributed by atoms with van der Waals surface area (Å²) in [4.78, 5) is 0. The Hall–Kier alpha value is -3.13. The van der Waals surface area contributed by atoms with Crippen molar-refractivity contribution in [3.63, 3.8) is 0 Å². The highest BCUT2D eigenvalue weighted by Crippen LogP contribution is 2.55. The van der Waals surface area contributed by atoms with Crippen molar-refractivity contribution in [2.45, 2.75) is 6.42 Å². The Morgan fingerprint density at radius 1 is 0.697 bits per heavy atom. The van der Waals surface area contributed by atoms with E-state index in [1.807, 2.05) is 12.1 Å². The maximum atomic E-state index is 9.28. The normalized spacial score (nSPS) is 11.2. The van der Waals surface area contributed by atoms with Gasteiger partial charge in [-0.15, -0.1) is 0 Å². The molecule has 0 aromatic heterocycles. The van der Waals surface area contributed by atoms with Gasteiger partial charge in [0.15, 0.2) is 0 Å². The first-order valence-corrected chi connectivity index (χ1v) is 13.2. The van der Waals surface area contributed by atoms with Gasteiger partial charge in [-0.05, 0) is 54.6 Å². The van der Waals surface area contributed by atoms with Gasteiger partial charge in [0.2, 0.25) is 0 Å². The number of benzene rings is 4. The molecule has 0 radical (unpaired) electrons. The van der Waals surface area contributed by atoms with Crippen molar-refractivity contribution in [1.82, 2.24) is 0 Å². The van der Waals surface area contributed by atoms with Crippen LogP contribution in [0.3, 0.4) is 0 Å². The van der Waals surface area contributed by atoms with Crippen LogP contribution < -0.4 is 25.4 Å². The lowest BCUT2D eigenvalue weighted by molar-refractivity contribution is 0.200. The molecule has 0 amide bonds. The monoisotopic (exact) mass is 457 g/mol. The van der Waals surface area contributed by atoms with Crippen LogP contribution in [0.1, 0.15) is 5.56 Å². The standard InChI is InChI=1S/C29H30O3P/c1-31-25-17-18-29(32-21-20-30)24(23-25)19-22-33(26-11-5-2-6-12-26,27-13-7-3-8-14-27)28-15-9-4-10-16-28/h2-18,23,30H,19-22H2,1H3/q+1. The van der Waals surface area contributed by atoms with Crippen LogP contribution in [0.25, 0.3) is 0 Å². The van der Waals surface area contributed by atoms with E-state index in [9.17, 15) is 5.11 Å². The maximum absolute atomic E-state index is 9.28. The number of rotatable bonds is 10. The van der Waals surface area contributed by atoms with E-state index in [2.05, 4.69) is 97.1 Å². The molecule has 0 bridgehead atoms. The molecule has 4 aromatic carbocycles. The molecule has 0 aliphatic rings. The minimum atomic E-state index is -1.93. The molecule has 0 aliphatic heterocycles. The van der Waals surface area contributed by atoms with Gasteiger partial charge in [0, 0.05) is 12.0 Å². The summed E-state index contributed by atoms with van der Waals surface area (Å²) in [6.45, 7) is 0.260. The highest BCUT2D eigenvalue weighted by Gasteiger charge is 2.44. The summed E-state index contributed by atoms with van der Waals surface area (Å²) in [5.74, 6) is 1.61. The highest BCUT2D eigenvalue weighted by atomic mass is 31.2. The summed E-state index contributed by atoms with van der Waals surface area (Å²) in [5.41, 5.74) is 1.09. The summed E-state index contributed by atoms with van der Waals surface area (Å²) in [5, 5.41) is 13.4. The predicted octanol–water partition coefficient (Wildman–Crippen LogP) is 4.60. The maximum Gasteiger partial charge on any atom is 0.123 e. The molecule has 0 saturated heterocycles. The van der Waals surface area contributed by atoms with Gasteiger partial charge in [-0.1, -0.05) is 54.6 Å². The summed E-state index contributed by atoms with van der Waals surface area (Å²) in [6, 6.07) is 38.6. The van der Waals surface area contributed by atoms with Crippen molar-refractivity contribution in [3.05, 3.63) is 115 Å². The third kappa shape index (κ3) is 5.11. The van der Waals surface area contributed by atoms with E-state index in [1.165, 1.54) is 15.9 Å². The quantitative estimate of drug-likeness (QED) is 0.354. The second-order valence-corrected chi connectivity index (χ2v) is 11.5. The van der Waals surface area contributed by atoms with Crippen LogP contribution in [-0.4, -0.2) is 31.6 Å². The number of aryl methyl sites for hydroxylation is 1. The van der Waals surface area contributed by atoms with E-state index >= 15 is 0 Å². The Morgan fingerprint density at radius 3 is 1.67 bits per heavy atom. The topological polar surface area (TPSA) is 38.7 Å². The summed E-state index contributed by atoms with van der Waals surface area (Å²) in [7, 11) is -0.251. The first-order chi connectivity index (χ1) is 16.3. The van der Waals surface area contributed by atoms with Crippen molar-refractivity contribution < 1.29 is 14.6 Å². The van der Waals surface area contributed by atoms with E-state index in [-0.39, 0.29) is 13.2 Å². The molecule has 0 saturated carbocycles. The number of ether oxygens (including phenoxy) is 2. The average Bonchev–Trinajstić information content (AvgIpc) is 2.90. The second-order valence-electron chi connectivity index (χ2n) is 7.84. The fraction of sp³-hybridized carbons (Fsp3) is 0.172. The summed E-state index contributed by atoms with van der Waals surface area (Å²) in [6.07, 6.45) is 1.78. The van der Waals surface area contributed by atoms with E-state index in [1.54, 1.807) is 7.11 Å². The molecule has 0 heterocycles. The molecule has 33 heavy (non-hydrogen) atoms. The third-order valence-corrected chi connectivity index (χ3v) is 10.4. The number of aliphatic hydroxyl groups excluding tert-OH is 1. The minimum Gasteiger partial charge on any atom is -0.497 e. The van der Waals surface area contributed by atoms with Crippen molar-refractivity contribution in [3.8, 4) is 11.5 Å². The van der Waals surface area contributed by atoms with Crippen LogP contribution in [-0.2, 0) is 6.42 Å². The molecular weight excluding hydrogens is 427 g/mol. The zero-order valence-corrected chi connectivity index (χ0v) is 19.8. The Bertz CT molecular complexity index is 1030. The molecule has 0 aliphatic carbocycles. The lowest BCUT2D eigenvalue weighted by Crippen LogP contribution is -2.34. The molecule has 1 N–H and O–H groups in total. The molecule has 3 nitrogen and oxygen atoms in total. The number of methoxy groups -OCH3 is 1. The largest absolute Gasteiger partial charge is 0.497 e. The van der Waals surface area contributed by atoms with Crippen LogP contribution in [0.4, 0.5) is 0 Å². The number of hydrogen-bond donors (Lipinski definition) is 1. The van der Waals surface area contributed by atoms with Crippen LogP contribution in [0.5, 0.6) is 11.5 Å². The summed E-state index contributed by atoms with van der Waals surface area (Å²) >= 11 is 0. The van der Waals surface area contributed by atoms with E-state index in [4.69, 9.17) is 9.47 Å². The van der Waals surface area contributed by atoms with Gasteiger partial charge in [0.05, 0.1) is 19.9 Å². The number of hydrogen-bond acceptors (Lipinski definition) is 3.